The molecule has 172 valence electrons. The lowest BCUT2D eigenvalue weighted by Gasteiger charge is -2.43. The van der Waals surface area contributed by atoms with E-state index in [9.17, 15) is 4.79 Å². The van der Waals surface area contributed by atoms with Gasteiger partial charge in [0, 0.05) is 19.7 Å². The van der Waals surface area contributed by atoms with E-state index in [1.165, 1.54) is 22.5 Å². The standard InChI is InChI=1S/C27H37NO3Si/c1-27(2,3)32(24-18-12-10-13-19-24,25-20-14-11-15-21-25)31-23-17-9-7-6-8-16-22-26(29)28(4)30-5/h7,9-16,18-22H,6,8,17,23H2,1-5H3/b9-7+,22-16+. The minimum atomic E-state index is -2.46. The molecular weight excluding hydrogens is 414 g/mol. The summed E-state index contributed by atoms with van der Waals surface area (Å²) in [6.45, 7) is 7.56. The van der Waals surface area contributed by atoms with Crippen LogP contribution in [0.25, 0.3) is 0 Å². The zero-order valence-electron chi connectivity index (χ0n) is 20.1. The Labute approximate surface area is 194 Å². The predicted octanol–water partition coefficient (Wildman–Crippen LogP) is 4.87. The van der Waals surface area contributed by atoms with Crippen molar-refractivity contribution in [3.8, 4) is 0 Å². The number of nitrogens with zero attached hydrogens (tertiary/aromatic N) is 1. The van der Waals surface area contributed by atoms with E-state index in [0.717, 1.165) is 19.3 Å². The number of amides is 1. The molecule has 0 radical (unpaired) electrons. The van der Waals surface area contributed by atoms with Crippen LogP contribution in [-0.4, -0.2) is 40.1 Å². The van der Waals surface area contributed by atoms with Crippen LogP contribution >= 0.6 is 0 Å². The zero-order chi connectivity index (χ0) is 23.5. The summed E-state index contributed by atoms with van der Waals surface area (Å²) in [5.41, 5.74) is 0. The van der Waals surface area contributed by atoms with Crippen molar-refractivity contribution in [2.75, 3.05) is 20.8 Å². The van der Waals surface area contributed by atoms with Crippen molar-refractivity contribution in [2.45, 2.75) is 45.1 Å². The topological polar surface area (TPSA) is 38.8 Å². The molecule has 0 saturated carbocycles. The minimum Gasteiger partial charge on any atom is -0.407 e. The first kappa shape index (κ1) is 25.8. The monoisotopic (exact) mass is 451 g/mol. The second-order valence-electron chi connectivity index (χ2n) is 8.77. The number of unbranched alkanes of at least 4 members (excludes halogenated alkanes) is 1. The molecule has 0 saturated heterocycles. The quantitative estimate of drug-likeness (QED) is 0.161. The van der Waals surface area contributed by atoms with Gasteiger partial charge in [0.1, 0.15) is 0 Å². The second kappa shape index (κ2) is 12.5. The molecule has 0 bridgehead atoms. The van der Waals surface area contributed by atoms with Crippen LogP contribution in [0.5, 0.6) is 0 Å². The second-order valence-corrected chi connectivity index (χ2v) is 13.1. The molecule has 4 nitrogen and oxygen atoms in total. The van der Waals surface area contributed by atoms with Gasteiger partial charge < -0.3 is 4.43 Å². The molecule has 0 fully saturated rings. The van der Waals surface area contributed by atoms with E-state index in [1.807, 2.05) is 6.08 Å². The summed E-state index contributed by atoms with van der Waals surface area (Å²) in [5, 5.41) is 3.80. The predicted molar refractivity (Wildman–Crippen MR) is 135 cm³/mol. The molecule has 2 aromatic carbocycles. The van der Waals surface area contributed by atoms with Crippen LogP contribution in [-0.2, 0) is 14.1 Å². The molecule has 0 aliphatic rings. The van der Waals surface area contributed by atoms with Gasteiger partial charge in [0.05, 0.1) is 7.11 Å². The highest BCUT2D eigenvalue weighted by molar-refractivity contribution is 6.99. The Hall–Kier alpha value is -2.47. The Morgan fingerprint density at radius 2 is 1.38 bits per heavy atom. The number of carbonyl (C=O) groups is 1. The molecule has 0 atom stereocenters. The van der Waals surface area contributed by atoms with E-state index in [1.54, 1.807) is 13.1 Å². The van der Waals surface area contributed by atoms with Crippen LogP contribution < -0.4 is 10.4 Å². The number of likely N-dealkylation sites (N-methyl/N-ethyl adjacent to an activating group) is 1. The van der Waals surface area contributed by atoms with Crippen LogP contribution in [0.2, 0.25) is 5.04 Å². The highest BCUT2D eigenvalue weighted by Crippen LogP contribution is 2.36. The molecule has 32 heavy (non-hydrogen) atoms. The molecule has 0 aliphatic carbocycles. The third-order valence-corrected chi connectivity index (χ3v) is 10.6. The molecule has 5 heteroatoms. The van der Waals surface area contributed by atoms with Crippen LogP contribution in [0.3, 0.4) is 0 Å². The summed E-state index contributed by atoms with van der Waals surface area (Å²) in [6.07, 6.45) is 10.3. The van der Waals surface area contributed by atoms with Crippen LogP contribution in [0.15, 0.2) is 85.0 Å². The average molecular weight is 452 g/mol. The maximum Gasteiger partial charge on any atom is 0.269 e. The average Bonchev–Trinajstić information content (AvgIpc) is 2.80. The van der Waals surface area contributed by atoms with E-state index < -0.39 is 8.32 Å². The molecule has 2 aromatic rings. The lowest BCUT2D eigenvalue weighted by Crippen LogP contribution is -2.66. The van der Waals surface area contributed by atoms with Gasteiger partial charge >= 0.3 is 0 Å². The summed E-state index contributed by atoms with van der Waals surface area (Å²) in [5.74, 6) is -0.157. The fourth-order valence-corrected chi connectivity index (χ4v) is 8.43. The van der Waals surface area contributed by atoms with E-state index in [0.29, 0.717) is 6.61 Å². The molecule has 0 spiro atoms. The Morgan fingerprint density at radius 1 is 0.875 bits per heavy atom. The van der Waals surface area contributed by atoms with Crippen LogP contribution in [0.4, 0.5) is 0 Å². The highest BCUT2D eigenvalue weighted by Gasteiger charge is 2.49. The SMILES string of the molecule is CON(C)C(=O)/C=C/CC/C=C/CCO[Si](c1ccccc1)(c1ccccc1)C(C)(C)C. The van der Waals surface area contributed by atoms with Gasteiger partial charge in [-0.25, -0.2) is 5.06 Å². The number of allylic oxidation sites excluding steroid dienone is 2. The summed E-state index contributed by atoms with van der Waals surface area (Å²) in [4.78, 5) is 16.5. The Bertz CT molecular complexity index is 833. The van der Waals surface area contributed by atoms with Crippen molar-refractivity contribution in [2.24, 2.45) is 0 Å². The number of hydroxylamine groups is 2. The lowest BCUT2D eigenvalue weighted by molar-refractivity contribution is -0.162. The van der Waals surface area contributed by atoms with Crippen molar-refractivity contribution in [1.82, 2.24) is 5.06 Å². The largest absolute Gasteiger partial charge is 0.407 e. The molecule has 0 aromatic heterocycles. The van der Waals surface area contributed by atoms with Gasteiger partial charge in [0.15, 0.2) is 0 Å². The Morgan fingerprint density at radius 3 is 1.88 bits per heavy atom. The minimum absolute atomic E-state index is 0.00782. The lowest BCUT2D eigenvalue weighted by atomic mass is 10.2. The summed E-state index contributed by atoms with van der Waals surface area (Å²) in [7, 11) is 0.615. The van der Waals surface area contributed by atoms with Gasteiger partial charge in [-0.15, -0.1) is 0 Å². The first-order valence-electron chi connectivity index (χ1n) is 11.2. The summed E-state index contributed by atoms with van der Waals surface area (Å²) < 4.78 is 6.87. The van der Waals surface area contributed by atoms with Gasteiger partial charge in [0.2, 0.25) is 0 Å². The normalized spacial score (nSPS) is 12.5. The van der Waals surface area contributed by atoms with Crippen molar-refractivity contribution in [3.05, 3.63) is 85.0 Å². The maximum absolute atomic E-state index is 11.6. The summed E-state index contributed by atoms with van der Waals surface area (Å²) in [6, 6.07) is 21.4. The molecule has 1 amide bonds. The molecule has 2 rings (SSSR count). The van der Waals surface area contributed by atoms with Crippen LogP contribution in [0, 0.1) is 0 Å². The summed E-state index contributed by atoms with van der Waals surface area (Å²) >= 11 is 0. The van der Waals surface area contributed by atoms with Gasteiger partial charge in [0.25, 0.3) is 14.2 Å². The van der Waals surface area contributed by atoms with Crippen molar-refractivity contribution >= 4 is 24.6 Å². The highest BCUT2D eigenvalue weighted by atomic mass is 28.4. The number of hydrogen-bond donors (Lipinski definition) is 0. The maximum atomic E-state index is 11.6. The van der Waals surface area contributed by atoms with E-state index in [2.05, 4.69) is 93.6 Å². The Balaban J connectivity index is 2.02. The number of benzene rings is 2. The molecule has 0 unspecified atom stereocenters. The third-order valence-electron chi connectivity index (χ3n) is 5.53. The smallest absolute Gasteiger partial charge is 0.269 e. The third kappa shape index (κ3) is 6.76. The van der Waals surface area contributed by atoms with E-state index >= 15 is 0 Å². The first-order chi connectivity index (χ1) is 15.3. The van der Waals surface area contributed by atoms with Crippen molar-refractivity contribution in [3.63, 3.8) is 0 Å². The van der Waals surface area contributed by atoms with Gasteiger partial charge in [-0.2, -0.15) is 0 Å². The molecule has 0 aliphatic heterocycles. The van der Waals surface area contributed by atoms with Crippen molar-refractivity contribution in [1.29, 1.82) is 0 Å². The molecule has 0 N–H and O–H groups in total. The fraction of sp³-hybridized carbons (Fsp3) is 0.370. The fourth-order valence-electron chi connectivity index (χ4n) is 3.85. The number of carbonyl (C=O) groups excluding carboxylic acids is 1. The molecular formula is C27H37NO3Si. The Kier molecular flexibility index (Phi) is 10.1. The van der Waals surface area contributed by atoms with Gasteiger partial charge in [-0.3, -0.25) is 9.63 Å². The van der Waals surface area contributed by atoms with Crippen LogP contribution in [0.1, 0.15) is 40.0 Å². The van der Waals surface area contributed by atoms with Gasteiger partial charge in [-0.05, 0) is 34.7 Å². The van der Waals surface area contributed by atoms with E-state index in [4.69, 9.17) is 9.26 Å². The molecule has 0 heterocycles. The van der Waals surface area contributed by atoms with Crippen molar-refractivity contribution < 1.29 is 14.1 Å². The number of hydrogen-bond acceptors (Lipinski definition) is 3. The van der Waals surface area contributed by atoms with E-state index in [-0.39, 0.29) is 10.9 Å². The zero-order valence-corrected chi connectivity index (χ0v) is 21.1. The number of rotatable bonds is 11. The van der Waals surface area contributed by atoms with Gasteiger partial charge in [-0.1, -0.05) is 99.7 Å². The first-order valence-corrected chi connectivity index (χ1v) is 13.1.